The van der Waals surface area contributed by atoms with Crippen molar-refractivity contribution in [2.75, 3.05) is 35.0 Å². The Morgan fingerprint density at radius 3 is 1.92 bits per heavy atom. The van der Waals surface area contributed by atoms with Gasteiger partial charge in [-0.1, -0.05) is 0 Å². The molecule has 1 aromatic heterocycles. The maximum Gasteiger partial charge on any atom is 0.239 e. The van der Waals surface area contributed by atoms with Crippen LogP contribution in [0.1, 0.15) is 0 Å². The van der Waals surface area contributed by atoms with E-state index in [2.05, 4.69) is 0 Å². The number of phenolic OH excluding ortho intramolecular Hbond substituents is 1. The number of benzene rings is 2. The van der Waals surface area contributed by atoms with Crippen molar-refractivity contribution >= 4 is 11.0 Å². The fourth-order valence-corrected chi connectivity index (χ4v) is 5.50. The highest BCUT2D eigenvalue weighted by Gasteiger charge is 2.51. The average Bonchev–Trinajstić information content (AvgIpc) is 3.08. The van der Waals surface area contributed by atoms with Gasteiger partial charge in [0.05, 0.1) is 35.0 Å². The lowest BCUT2D eigenvalue weighted by Gasteiger charge is -2.45. The van der Waals surface area contributed by atoms with Crippen LogP contribution in [0.5, 0.6) is 34.5 Å². The van der Waals surface area contributed by atoms with E-state index in [9.17, 15) is 45.6 Å². The van der Waals surface area contributed by atoms with Crippen LogP contribution in [0.3, 0.4) is 0 Å². The molecule has 2 aliphatic heterocycles. The molecule has 0 aliphatic carbocycles. The molecule has 0 spiro atoms. The highest BCUT2D eigenvalue weighted by atomic mass is 16.8. The van der Waals surface area contributed by atoms with Gasteiger partial charge in [0, 0.05) is 5.56 Å². The van der Waals surface area contributed by atoms with Crippen molar-refractivity contribution in [2.45, 2.75) is 61.6 Å². The summed E-state index contributed by atoms with van der Waals surface area (Å²) < 4.78 is 49.0. The van der Waals surface area contributed by atoms with E-state index in [1.165, 1.54) is 52.7 Å². The van der Waals surface area contributed by atoms with Crippen molar-refractivity contribution in [3.8, 4) is 45.8 Å². The molecule has 3 heterocycles. The van der Waals surface area contributed by atoms with Gasteiger partial charge >= 0.3 is 0 Å². The van der Waals surface area contributed by atoms with Crippen molar-refractivity contribution in [2.24, 2.45) is 0 Å². The predicted octanol–water partition coefficient (Wildman–Crippen LogP) is -1.84. The van der Waals surface area contributed by atoms with Gasteiger partial charge < -0.3 is 83.2 Å². The summed E-state index contributed by atoms with van der Waals surface area (Å²) in [4.78, 5) is 13.6. The number of aromatic hydroxyl groups is 1. The summed E-state index contributed by atoms with van der Waals surface area (Å²) >= 11 is 0. The van der Waals surface area contributed by atoms with E-state index in [1.54, 1.807) is 0 Å². The molecule has 2 saturated heterocycles. The summed E-state index contributed by atoms with van der Waals surface area (Å²) in [5.41, 5.74) is -0.538. The first-order chi connectivity index (χ1) is 22.9. The Labute approximate surface area is 271 Å². The van der Waals surface area contributed by atoms with E-state index in [4.69, 9.17) is 42.3 Å². The van der Waals surface area contributed by atoms with Crippen LogP contribution in [-0.4, -0.2) is 137 Å². The van der Waals surface area contributed by atoms with Crippen LogP contribution in [-0.2, 0) is 14.2 Å². The number of aliphatic hydroxyl groups is 7. The second kappa shape index (κ2) is 14.3. The number of hydrogen-bond donors (Lipinski definition) is 8. The van der Waals surface area contributed by atoms with Gasteiger partial charge in [0.15, 0.2) is 29.7 Å². The third kappa shape index (κ3) is 6.07. The molecule has 3 aromatic rings. The Hall–Kier alpha value is -3.95. The van der Waals surface area contributed by atoms with Crippen LogP contribution >= 0.6 is 0 Å². The molecule has 2 aromatic carbocycles. The fourth-order valence-electron chi connectivity index (χ4n) is 5.50. The zero-order valence-electron chi connectivity index (χ0n) is 26.0. The lowest BCUT2D eigenvalue weighted by atomic mass is 9.98. The summed E-state index contributed by atoms with van der Waals surface area (Å²) in [5, 5.41) is 82.2. The molecule has 0 radical (unpaired) electrons. The quantitative estimate of drug-likeness (QED) is 0.117. The minimum Gasteiger partial charge on any atom is -0.501 e. The number of methoxy groups -OCH3 is 4. The normalized spacial score (nSPS) is 30.6. The van der Waals surface area contributed by atoms with Crippen LogP contribution in [0.4, 0.5) is 0 Å². The molecule has 0 amide bonds. The Bertz CT molecular complexity index is 1640. The number of ether oxygens (including phenoxy) is 8. The first-order valence-corrected chi connectivity index (χ1v) is 14.4. The molecule has 2 aliphatic rings. The zero-order chi connectivity index (χ0) is 35.0. The molecule has 10 atom stereocenters. The van der Waals surface area contributed by atoms with Gasteiger partial charge in [-0.15, -0.1) is 0 Å². The number of fused-ring (bicyclic) bond motifs is 1. The second-order valence-corrected chi connectivity index (χ2v) is 10.8. The minimum absolute atomic E-state index is 0.0571. The molecular formula is C30H36O18. The predicted molar refractivity (Wildman–Crippen MR) is 158 cm³/mol. The lowest BCUT2D eigenvalue weighted by molar-refractivity contribution is -0.370. The van der Waals surface area contributed by atoms with Crippen LogP contribution in [0, 0.1) is 0 Å². The standard InChI is InChI=1S/C30H36O18/c1-40-22-13-15(33)25(41-2)21(46-23(13)27(43-4)18(36)26(22)42-3)10-5-7-11(8-6-10)44-30-20(38)24(19(37)28(39)48-30)47-29-17(35)16(34)14(32)12(9-31)45-29/h5-8,12,14,16-17,19-20,24,28-32,34-39H,9H2,1-4H3/t12-,14-,16+,17-,19-,20+,24-,28+,29+,30-/m1/s1. The summed E-state index contributed by atoms with van der Waals surface area (Å²) in [6.45, 7) is -0.749. The number of aliphatic hydroxyl groups excluding tert-OH is 7. The van der Waals surface area contributed by atoms with Gasteiger partial charge in [-0.05, 0) is 24.3 Å². The lowest BCUT2D eigenvalue weighted by Crippen LogP contribution is -2.64. The van der Waals surface area contributed by atoms with Crippen LogP contribution in [0.15, 0.2) is 33.5 Å². The molecule has 18 heteroatoms. The van der Waals surface area contributed by atoms with Gasteiger partial charge in [0.2, 0.25) is 34.7 Å². The Morgan fingerprint density at radius 1 is 0.708 bits per heavy atom. The molecular weight excluding hydrogens is 648 g/mol. The number of hydrogen-bond acceptors (Lipinski definition) is 18. The molecule has 18 nitrogen and oxygen atoms in total. The number of phenols is 1. The number of rotatable bonds is 10. The molecule has 48 heavy (non-hydrogen) atoms. The molecule has 5 rings (SSSR count). The van der Waals surface area contributed by atoms with E-state index < -0.39 is 79.4 Å². The highest BCUT2D eigenvalue weighted by Crippen LogP contribution is 2.50. The molecule has 2 fully saturated rings. The van der Waals surface area contributed by atoms with Crippen molar-refractivity contribution in [1.82, 2.24) is 0 Å². The minimum atomic E-state index is -1.95. The molecule has 264 valence electrons. The van der Waals surface area contributed by atoms with Crippen LogP contribution in [0.25, 0.3) is 22.3 Å². The van der Waals surface area contributed by atoms with E-state index in [-0.39, 0.29) is 45.5 Å². The van der Waals surface area contributed by atoms with E-state index >= 15 is 0 Å². The monoisotopic (exact) mass is 684 g/mol. The van der Waals surface area contributed by atoms with Crippen LogP contribution in [0.2, 0.25) is 0 Å². The van der Waals surface area contributed by atoms with Gasteiger partial charge in [-0.25, -0.2) is 0 Å². The van der Waals surface area contributed by atoms with Crippen LogP contribution < -0.4 is 29.1 Å². The molecule has 0 saturated carbocycles. The van der Waals surface area contributed by atoms with Crippen molar-refractivity contribution in [3.05, 3.63) is 34.5 Å². The average molecular weight is 685 g/mol. The maximum atomic E-state index is 13.6. The second-order valence-electron chi connectivity index (χ2n) is 10.8. The fraction of sp³-hybridized carbons (Fsp3) is 0.500. The largest absolute Gasteiger partial charge is 0.501 e. The maximum absolute atomic E-state index is 13.6. The van der Waals surface area contributed by atoms with Crippen molar-refractivity contribution < 1.29 is 83.2 Å². The summed E-state index contributed by atoms with van der Waals surface area (Å²) in [6.07, 6.45) is -17.4. The van der Waals surface area contributed by atoms with Gasteiger partial charge in [-0.3, -0.25) is 4.79 Å². The highest BCUT2D eigenvalue weighted by molar-refractivity contribution is 5.96. The summed E-state index contributed by atoms with van der Waals surface area (Å²) in [7, 11) is 5.06. The smallest absolute Gasteiger partial charge is 0.239 e. The zero-order valence-corrected chi connectivity index (χ0v) is 26.0. The molecule has 0 unspecified atom stereocenters. The summed E-state index contributed by atoms with van der Waals surface area (Å²) in [6, 6.07) is 5.70. The first kappa shape index (κ1) is 35.4. The third-order valence-electron chi connectivity index (χ3n) is 7.98. The Balaban J connectivity index is 1.42. The Morgan fingerprint density at radius 2 is 1.33 bits per heavy atom. The topological polar surface area (TPSA) is 266 Å². The Kier molecular flexibility index (Phi) is 10.5. The molecule has 8 N–H and O–H groups in total. The van der Waals surface area contributed by atoms with Crippen molar-refractivity contribution in [1.29, 1.82) is 0 Å². The summed E-state index contributed by atoms with van der Waals surface area (Å²) in [5.74, 6) is -1.17. The van der Waals surface area contributed by atoms with Gasteiger partial charge in [-0.2, -0.15) is 0 Å². The molecule has 0 bridgehead atoms. The van der Waals surface area contributed by atoms with E-state index in [0.29, 0.717) is 5.56 Å². The van der Waals surface area contributed by atoms with E-state index in [0.717, 1.165) is 0 Å². The first-order valence-electron chi connectivity index (χ1n) is 14.4. The van der Waals surface area contributed by atoms with Gasteiger partial charge in [0.1, 0.15) is 53.9 Å². The van der Waals surface area contributed by atoms with Gasteiger partial charge in [0.25, 0.3) is 0 Å². The third-order valence-corrected chi connectivity index (χ3v) is 7.98. The van der Waals surface area contributed by atoms with E-state index in [1.807, 2.05) is 0 Å². The van der Waals surface area contributed by atoms with Crippen molar-refractivity contribution in [3.63, 3.8) is 0 Å². The SMILES string of the molecule is COc1c(O)c(OC)c2oc(-c3ccc(O[C@@H]4O[C@H](O)[C@H](O)[C@@H](O[C@@H]5O[C@H](CO)[C@@H](O)[C@H](O)[C@H]5O)[C@@H]4O)cc3)c(OC)c(=O)c2c1OC.